The van der Waals surface area contributed by atoms with E-state index in [0.29, 0.717) is 16.5 Å². The van der Waals surface area contributed by atoms with Gasteiger partial charge in [-0.2, -0.15) is 8.78 Å². The molecule has 0 radical (unpaired) electrons. The number of nitrogens with two attached hydrogens (primary N) is 1. The van der Waals surface area contributed by atoms with Gasteiger partial charge in [0, 0.05) is 5.56 Å². The second-order valence-corrected chi connectivity index (χ2v) is 6.90. The van der Waals surface area contributed by atoms with E-state index in [1.54, 1.807) is 20.8 Å². The molecule has 2 N–H and O–H groups in total. The Morgan fingerprint density at radius 2 is 1.92 bits per heavy atom. The SMILES string of the molecule is CC(C)(C)OC(=O)CSc1nnc(-c2ccc(OC(F)F)cc2)n1N. The number of aromatic nitrogens is 3. The highest BCUT2D eigenvalue weighted by Gasteiger charge is 2.19. The number of carbonyl (C=O) groups excluding carboxylic acids is 1. The molecule has 10 heteroatoms. The number of halogens is 2. The van der Waals surface area contributed by atoms with Crippen LogP contribution in [0.25, 0.3) is 11.4 Å². The van der Waals surface area contributed by atoms with Crippen LogP contribution in [0.1, 0.15) is 20.8 Å². The Labute approximate surface area is 147 Å². The number of rotatable bonds is 6. The Kier molecular flexibility index (Phi) is 5.83. The van der Waals surface area contributed by atoms with Crippen LogP contribution < -0.4 is 10.6 Å². The van der Waals surface area contributed by atoms with Crippen molar-refractivity contribution in [2.75, 3.05) is 11.6 Å². The largest absolute Gasteiger partial charge is 0.459 e. The van der Waals surface area contributed by atoms with Crippen LogP contribution in [-0.4, -0.2) is 38.8 Å². The third kappa shape index (κ3) is 5.59. The summed E-state index contributed by atoms with van der Waals surface area (Å²) in [7, 11) is 0. The zero-order valence-electron chi connectivity index (χ0n) is 13.9. The standard InChI is InChI=1S/C15H18F2N4O3S/c1-15(2,3)24-11(22)8-25-14-20-19-12(21(14)18)9-4-6-10(7-5-9)23-13(16)17/h4-7,13H,8,18H2,1-3H3. The molecule has 0 bridgehead atoms. The summed E-state index contributed by atoms with van der Waals surface area (Å²) in [5.41, 5.74) is 0.00190. The van der Waals surface area contributed by atoms with Gasteiger partial charge in [-0.1, -0.05) is 11.8 Å². The van der Waals surface area contributed by atoms with Gasteiger partial charge in [0.2, 0.25) is 5.16 Å². The molecule has 7 nitrogen and oxygen atoms in total. The highest BCUT2D eigenvalue weighted by molar-refractivity contribution is 7.99. The Hall–Kier alpha value is -2.36. The van der Waals surface area contributed by atoms with Gasteiger partial charge in [0.15, 0.2) is 5.82 Å². The third-order valence-electron chi connectivity index (χ3n) is 2.74. The van der Waals surface area contributed by atoms with E-state index in [1.165, 1.54) is 28.9 Å². The second kappa shape index (κ2) is 7.68. The number of ether oxygens (including phenoxy) is 2. The fourth-order valence-electron chi connectivity index (χ4n) is 1.85. The van der Waals surface area contributed by atoms with Crippen molar-refractivity contribution in [2.24, 2.45) is 0 Å². The van der Waals surface area contributed by atoms with Gasteiger partial charge in [0.1, 0.15) is 11.4 Å². The summed E-state index contributed by atoms with van der Waals surface area (Å²) in [6.07, 6.45) is 0. The first-order valence-corrected chi connectivity index (χ1v) is 8.24. The normalized spacial score (nSPS) is 11.6. The predicted molar refractivity (Wildman–Crippen MR) is 88.8 cm³/mol. The number of nitrogens with zero attached hydrogens (tertiary/aromatic N) is 3. The highest BCUT2D eigenvalue weighted by atomic mass is 32.2. The summed E-state index contributed by atoms with van der Waals surface area (Å²) in [6, 6.07) is 5.83. The van der Waals surface area contributed by atoms with E-state index < -0.39 is 18.2 Å². The van der Waals surface area contributed by atoms with E-state index in [9.17, 15) is 13.6 Å². The minimum absolute atomic E-state index is 0.0290. The van der Waals surface area contributed by atoms with Crippen LogP contribution in [0.3, 0.4) is 0 Å². The predicted octanol–water partition coefficient (Wildman–Crippen LogP) is 2.69. The number of nitrogen functional groups attached to an aromatic ring is 1. The van der Waals surface area contributed by atoms with Crippen molar-refractivity contribution in [1.29, 1.82) is 0 Å². The number of benzene rings is 1. The van der Waals surface area contributed by atoms with E-state index in [1.807, 2.05) is 0 Å². The lowest BCUT2D eigenvalue weighted by Crippen LogP contribution is -2.25. The van der Waals surface area contributed by atoms with E-state index in [-0.39, 0.29) is 11.5 Å². The fourth-order valence-corrected chi connectivity index (χ4v) is 2.48. The smallest absolute Gasteiger partial charge is 0.387 e. The Bertz CT molecular complexity index is 729. The maximum absolute atomic E-state index is 12.2. The lowest BCUT2D eigenvalue weighted by molar-refractivity contribution is -0.151. The van der Waals surface area contributed by atoms with Crippen molar-refractivity contribution in [1.82, 2.24) is 14.9 Å². The van der Waals surface area contributed by atoms with Gasteiger partial charge in [-0.05, 0) is 45.0 Å². The van der Waals surface area contributed by atoms with E-state index in [2.05, 4.69) is 14.9 Å². The zero-order chi connectivity index (χ0) is 18.6. The maximum atomic E-state index is 12.2. The molecule has 0 saturated carbocycles. The molecule has 0 fully saturated rings. The molecule has 0 aliphatic rings. The van der Waals surface area contributed by atoms with Crippen LogP contribution in [0.2, 0.25) is 0 Å². The van der Waals surface area contributed by atoms with Gasteiger partial charge in [0.05, 0.1) is 5.75 Å². The zero-order valence-corrected chi connectivity index (χ0v) is 14.7. The average molecular weight is 372 g/mol. The summed E-state index contributed by atoms with van der Waals surface area (Å²) in [4.78, 5) is 11.7. The lowest BCUT2D eigenvalue weighted by Gasteiger charge is -2.19. The molecule has 25 heavy (non-hydrogen) atoms. The van der Waals surface area contributed by atoms with Gasteiger partial charge in [-0.15, -0.1) is 10.2 Å². The first-order chi connectivity index (χ1) is 11.7. The molecule has 0 atom stereocenters. The molecular formula is C15H18F2N4O3S. The number of esters is 1. The molecule has 1 aromatic heterocycles. The molecule has 0 saturated heterocycles. The summed E-state index contributed by atoms with van der Waals surface area (Å²) >= 11 is 1.09. The third-order valence-corrected chi connectivity index (χ3v) is 3.66. The Morgan fingerprint density at radius 1 is 1.28 bits per heavy atom. The Balaban J connectivity index is 2.04. The molecule has 0 aliphatic heterocycles. The summed E-state index contributed by atoms with van der Waals surface area (Å²) in [5.74, 6) is 5.94. The van der Waals surface area contributed by atoms with Crippen LogP contribution in [-0.2, 0) is 9.53 Å². The quantitative estimate of drug-likeness (QED) is 0.473. The minimum atomic E-state index is -2.89. The van der Waals surface area contributed by atoms with Crippen molar-refractivity contribution in [3.8, 4) is 17.1 Å². The van der Waals surface area contributed by atoms with Gasteiger partial charge >= 0.3 is 12.6 Å². The van der Waals surface area contributed by atoms with E-state index in [0.717, 1.165) is 11.8 Å². The summed E-state index contributed by atoms with van der Waals surface area (Å²) in [6.45, 7) is 2.45. The first-order valence-electron chi connectivity index (χ1n) is 7.26. The van der Waals surface area contributed by atoms with Crippen LogP contribution in [0, 0.1) is 0 Å². The van der Waals surface area contributed by atoms with E-state index in [4.69, 9.17) is 10.6 Å². The van der Waals surface area contributed by atoms with Crippen LogP contribution in [0.4, 0.5) is 8.78 Å². The number of alkyl halides is 2. The molecule has 0 amide bonds. The topological polar surface area (TPSA) is 92.3 Å². The summed E-state index contributed by atoms with van der Waals surface area (Å²) in [5, 5.41) is 8.21. The molecule has 0 aliphatic carbocycles. The van der Waals surface area contributed by atoms with Crippen LogP contribution >= 0.6 is 11.8 Å². The molecule has 0 unspecified atom stereocenters. The number of hydrogen-bond acceptors (Lipinski definition) is 7. The molecule has 0 spiro atoms. The maximum Gasteiger partial charge on any atom is 0.387 e. The second-order valence-electron chi connectivity index (χ2n) is 5.95. The van der Waals surface area contributed by atoms with Crippen molar-refractivity contribution >= 4 is 17.7 Å². The van der Waals surface area contributed by atoms with Crippen molar-refractivity contribution in [3.05, 3.63) is 24.3 Å². The van der Waals surface area contributed by atoms with Crippen molar-refractivity contribution in [2.45, 2.75) is 38.1 Å². The van der Waals surface area contributed by atoms with Gasteiger partial charge in [-0.25, -0.2) is 4.68 Å². The number of carbonyl (C=O) groups is 1. The lowest BCUT2D eigenvalue weighted by atomic mass is 10.2. The molecule has 2 rings (SSSR count). The molecule has 136 valence electrons. The number of hydrogen-bond donors (Lipinski definition) is 1. The van der Waals surface area contributed by atoms with Crippen LogP contribution in [0.5, 0.6) is 5.75 Å². The van der Waals surface area contributed by atoms with Gasteiger partial charge in [-0.3, -0.25) is 4.79 Å². The Morgan fingerprint density at radius 3 is 2.48 bits per heavy atom. The molecule has 1 heterocycles. The van der Waals surface area contributed by atoms with Crippen LogP contribution in [0.15, 0.2) is 29.4 Å². The molecule has 2 aromatic rings. The van der Waals surface area contributed by atoms with Crippen molar-refractivity contribution in [3.63, 3.8) is 0 Å². The number of thioether (sulfide) groups is 1. The molecular weight excluding hydrogens is 354 g/mol. The minimum Gasteiger partial charge on any atom is -0.459 e. The molecule has 1 aromatic carbocycles. The van der Waals surface area contributed by atoms with Crippen molar-refractivity contribution < 1.29 is 23.0 Å². The first kappa shape index (κ1) is 19.0. The highest BCUT2D eigenvalue weighted by Crippen LogP contribution is 2.24. The van der Waals surface area contributed by atoms with Gasteiger partial charge < -0.3 is 15.3 Å². The fraction of sp³-hybridized carbons (Fsp3) is 0.400. The van der Waals surface area contributed by atoms with E-state index >= 15 is 0 Å². The monoisotopic (exact) mass is 372 g/mol. The average Bonchev–Trinajstić information content (AvgIpc) is 2.85. The summed E-state index contributed by atoms with van der Waals surface area (Å²) < 4.78 is 35.0. The van der Waals surface area contributed by atoms with Gasteiger partial charge in [0.25, 0.3) is 0 Å².